The standard InChI is InChI=1S/C21H20FNO3/c22-14-5-3-13(4-6-14)16-12-17(16)20(24)23-15-7-8-18-19(11-15)26-21(25-18)9-1-2-10-21/h3-8,11,16-17H,1-2,9-10,12H2,(H,23,24). The van der Waals surface area contributed by atoms with Crippen LogP contribution in [-0.4, -0.2) is 11.7 Å². The lowest BCUT2D eigenvalue weighted by Gasteiger charge is -2.21. The van der Waals surface area contributed by atoms with Crippen LogP contribution in [0.5, 0.6) is 11.5 Å². The van der Waals surface area contributed by atoms with Crippen LogP contribution in [0.3, 0.4) is 0 Å². The third kappa shape index (κ3) is 2.71. The molecule has 2 unspecified atom stereocenters. The molecule has 5 rings (SSSR count). The molecule has 4 nitrogen and oxygen atoms in total. The summed E-state index contributed by atoms with van der Waals surface area (Å²) in [4.78, 5) is 12.5. The fraction of sp³-hybridized carbons (Fsp3) is 0.381. The molecule has 1 heterocycles. The molecular formula is C21H20FNO3. The number of anilines is 1. The molecule has 2 atom stereocenters. The van der Waals surface area contributed by atoms with E-state index in [0.29, 0.717) is 5.75 Å². The van der Waals surface area contributed by atoms with Gasteiger partial charge < -0.3 is 14.8 Å². The number of hydrogen-bond acceptors (Lipinski definition) is 3. The topological polar surface area (TPSA) is 47.6 Å². The zero-order valence-electron chi connectivity index (χ0n) is 14.3. The molecule has 1 aliphatic heterocycles. The van der Waals surface area contributed by atoms with Gasteiger partial charge in [0, 0.05) is 30.5 Å². The van der Waals surface area contributed by atoms with E-state index in [-0.39, 0.29) is 23.6 Å². The minimum atomic E-state index is -0.491. The van der Waals surface area contributed by atoms with Gasteiger partial charge in [-0.3, -0.25) is 4.79 Å². The SMILES string of the molecule is O=C(Nc1ccc2c(c1)OC1(CCCC1)O2)C1CC1c1ccc(F)cc1. The number of rotatable bonds is 3. The molecule has 26 heavy (non-hydrogen) atoms. The number of ether oxygens (including phenoxy) is 2. The highest BCUT2D eigenvalue weighted by molar-refractivity contribution is 5.95. The highest BCUT2D eigenvalue weighted by Gasteiger charge is 2.45. The zero-order valence-corrected chi connectivity index (χ0v) is 14.3. The summed E-state index contributed by atoms with van der Waals surface area (Å²) in [5, 5.41) is 2.98. The van der Waals surface area contributed by atoms with E-state index >= 15 is 0 Å². The second-order valence-electron chi connectivity index (χ2n) is 7.47. The zero-order chi connectivity index (χ0) is 17.7. The molecule has 3 aliphatic rings. The number of fused-ring (bicyclic) bond motifs is 1. The van der Waals surface area contributed by atoms with E-state index in [1.165, 1.54) is 12.1 Å². The maximum Gasteiger partial charge on any atom is 0.251 e. The van der Waals surface area contributed by atoms with Gasteiger partial charge in [0.25, 0.3) is 5.79 Å². The van der Waals surface area contributed by atoms with Gasteiger partial charge in [-0.25, -0.2) is 4.39 Å². The van der Waals surface area contributed by atoms with Crippen molar-refractivity contribution in [3.05, 3.63) is 53.8 Å². The fourth-order valence-corrected chi connectivity index (χ4v) is 4.09. The quantitative estimate of drug-likeness (QED) is 0.877. The largest absolute Gasteiger partial charge is 0.448 e. The third-order valence-corrected chi connectivity index (χ3v) is 5.59. The van der Waals surface area contributed by atoms with Gasteiger partial charge in [-0.2, -0.15) is 0 Å². The summed E-state index contributed by atoms with van der Waals surface area (Å²) in [5.41, 5.74) is 1.73. The average Bonchev–Trinajstić information content (AvgIpc) is 3.18. The summed E-state index contributed by atoms with van der Waals surface area (Å²) in [7, 11) is 0. The van der Waals surface area contributed by atoms with Gasteiger partial charge in [-0.1, -0.05) is 12.1 Å². The minimum absolute atomic E-state index is 0.00577. The molecule has 0 radical (unpaired) electrons. The van der Waals surface area contributed by atoms with Crippen LogP contribution in [0.15, 0.2) is 42.5 Å². The van der Waals surface area contributed by atoms with Gasteiger partial charge in [-0.05, 0) is 55.0 Å². The Morgan fingerprint density at radius 1 is 1.04 bits per heavy atom. The maximum atomic E-state index is 13.0. The average molecular weight is 353 g/mol. The number of amides is 1. The van der Waals surface area contributed by atoms with Crippen molar-refractivity contribution in [2.45, 2.75) is 43.8 Å². The first kappa shape index (κ1) is 15.7. The Morgan fingerprint density at radius 3 is 2.54 bits per heavy atom. The summed E-state index contributed by atoms with van der Waals surface area (Å²) in [6.07, 6.45) is 4.84. The number of carbonyl (C=O) groups excluding carboxylic acids is 1. The molecule has 0 aromatic heterocycles. The summed E-state index contributed by atoms with van der Waals surface area (Å²) in [6.45, 7) is 0. The van der Waals surface area contributed by atoms with Crippen LogP contribution in [0, 0.1) is 11.7 Å². The van der Waals surface area contributed by atoms with Crippen LogP contribution >= 0.6 is 0 Å². The van der Waals surface area contributed by atoms with Crippen LogP contribution in [0.2, 0.25) is 0 Å². The van der Waals surface area contributed by atoms with Crippen molar-refractivity contribution in [2.75, 3.05) is 5.32 Å². The number of halogens is 1. The van der Waals surface area contributed by atoms with Crippen molar-refractivity contribution < 1.29 is 18.7 Å². The lowest BCUT2D eigenvalue weighted by atomic mass is 10.1. The number of nitrogens with one attached hydrogen (secondary N) is 1. The molecule has 2 aromatic rings. The Kier molecular flexibility index (Phi) is 3.45. The van der Waals surface area contributed by atoms with E-state index in [1.54, 1.807) is 12.1 Å². The molecule has 1 spiro atoms. The predicted octanol–water partition coefficient (Wildman–Crippen LogP) is 4.61. The highest BCUT2D eigenvalue weighted by Crippen LogP contribution is 2.49. The van der Waals surface area contributed by atoms with Gasteiger partial charge >= 0.3 is 0 Å². The van der Waals surface area contributed by atoms with Crippen LogP contribution in [0.25, 0.3) is 0 Å². The van der Waals surface area contributed by atoms with Crippen LogP contribution in [-0.2, 0) is 4.79 Å². The number of carbonyl (C=O) groups is 1. The molecule has 2 aromatic carbocycles. The first-order valence-electron chi connectivity index (χ1n) is 9.20. The second-order valence-corrected chi connectivity index (χ2v) is 7.47. The van der Waals surface area contributed by atoms with Gasteiger partial charge in [0.1, 0.15) is 5.82 Å². The lowest BCUT2D eigenvalue weighted by molar-refractivity contribution is -0.117. The minimum Gasteiger partial charge on any atom is -0.448 e. The maximum absolute atomic E-state index is 13.0. The monoisotopic (exact) mass is 353 g/mol. The van der Waals surface area contributed by atoms with Crippen molar-refractivity contribution in [2.24, 2.45) is 5.92 Å². The molecule has 2 aliphatic carbocycles. The molecule has 0 saturated heterocycles. The van der Waals surface area contributed by atoms with Crippen molar-refractivity contribution in [1.82, 2.24) is 0 Å². The van der Waals surface area contributed by atoms with E-state index in [9.17, 15) is 9.18 Å². The molecular weight excluding hydrogens is 333 g/mol. The molecule has 2 saturated carbocycles. The molecule has 1 amide bonds. The van der Waals surface area contributed by atoms with Gasteiger partial charge in [0.15, 0.2) is 11.5 Å². The predicted molar refractivity (Wildman–Crippen MR) is 94.8 cm³/mol. The van der Waals surface area contributed by atoms with E-state index in [2.05, 4.69) is 5.32 Å². The normalized spacial score (nSPS) is 24.7. The number of hydrogen-bond donors (Lipinski definition) is 1. The summed E-state index contributed by atoms with van der Waals surface area (Å²) < 4.78 is 25.1. The summed E-state index contributed by atoms with van der Waals surface area (Å²) in [5.74, 6) is 0.814. The Bertz CT molecular complexity index is 858. The van der Waals surface area contributed by atoms with Crippen LogP contribution in [0.1, 0.15) is 43.6 Å². The Hall–Kier alpha value is -2.56. The molecule has 0 bridgehead atoms. The van der Waals surface area contributed by atoms with Crippen molar-refractivity contribution in [1.29, 1.82) is 0 Å². The van der Waals surface area contributed by atoms with Gasteiger partial charge in [-0.15, -0.1) is 0 Å². The Morgan fingerprint density at radius 2 is 1.77 bits per heavy atom. The van der Waals surface area contributed by atoms with Crippen LogP contribution < -0.4 is 14.8 Å². The second kappa shape index (κ2) is 5.73. The smallest absolute Gasteiger partial charge is 0.251 e. The van der Waals surface area contributed by atoms with Crippen molar-refractivity contribution in [3.8, 4) is 11.5 Å². The van der Waals surface area contributed by atoms with E-state index in [1.807, 2.05) is 18.2 Å². The first-order chi connectivity index (χ1) is 12.6. The van der Waals surface area contributed by atoms with Crippen molar-refractivity contribution >= 4 is 11.6 Å². The number of benzene rings is 2. The Labute approximate surface area is 151 Å². The van der Waals surface area contributed by atoms with Gasteiger partial charge in [0.2, 0.25) is 5.91 Å². The molecule has 2 fully saturated rings. The van der Waals surface area contributed by atoms with Crippen LogP contribution in [0.4, 0.5) is 10.1 Å². The fourth-order valence-electron chi connectivity index (χ4n) is 4.09. The van der Waals surface area contributed by atoms with Crippen molar-refractivity contribution in [3.63, 3.8) is 0 Å². The first-order valence-corrected chi connectivity index (χ1v) is 9.20. The van der Waals surface area contributed by atoms with E-state index in [4.69, 9.17) is 9.47 Å². The molecule has 5 heteroatoms. The Balaban J connectivity index is 1.25. The van der Waals surface area contributed by atoms with E-state index < -0.39 is 5.79 Å². The third-order valence-electron chi connectivity index (χ3n) is 5.59. The summed E-state index contributed by atoms with van der Waals surface area (Å²) >= 11 is 0. The lowest BCUT2D eigenvalue weighted by Crippen LogP contribution is -2.34. The highest BCUT2D eigenvalue weighted by atomic mass is 19.1. The molecule has 134 valence electrons. The van der Waals surface area contributed by atoms with Gasteiger partial charge in [0.05, 0.1) is 0 Å². The van der Waals surface area contributed by atoms with E-state index in [0.717, 1.165) is 49.1 Å². The molecule has 1 N–H and O–H groups in total. The summed E-state index contributed by atoms with van der Waals surface area (Å²) in [6, 6.07) is 12.0.